The van der Waals surface area contributed by atoms with E-state index in [2.05, 4.69) is 5.32 Å². The summed E-state index contributed by atoms with van der Waals surface area (Å²) in [5, 5.41) is 2.96. The van der Waals surface area contributed by atoms with Crippen molar-refractivity contribution in [2.45, 2.75) is 12.5 Å². The Morgan fingerprint density at radius 3 is 2.16 bits per heavy atom. The fourth-order valence-corrected chi connectivity index (χ4v) is 2.09. The number of hydrogen-bond donors (Lipinski definition) is 1. The summed E-state index contributed by atoms with van der Waals surface area (Å²) in [6.07, 6.45) is 0.739. The third-order valence-electron chi connectivity index (χ3n) is 2.88. The lowest BCUT2D eigenvalue weighted by molar-refractivity contribution is 0.0940. The van der Waals surface area contributed by atoms with Crippen molar-refractivity contribution in [3.05, 3.63) is 71.8 Å². The van der Waals surface area contributed by atoms with E-state index in [1.54, 1.807) is 12.1 Å². The summed E-state index contributed by atoms with van der Waals surface area (Å²) >= 11 is 5.93. The Kier molecular flexibility index (Phi) is 4.99. The van der Waals surface area contributed by atoms with Crippen LogP contribution in [0.15, 0.2) is 60.7 Å². The van der Waals surface area contributed by atoms with E-state index in [0.29, 0.717) is 11.4 Å². The van der Waals surface area contributed by atoms with Gasteiger partial charge in [-0.2, -0.15) is 0 Å². The van der Waals surface area contributed by atoms with Gasteiger partial charge in [0.25, 0.3) is 5.91 Å². The second kappa shape index (κ2) is 6.95. The minimum Gasteiger partial charge on any atom is -0.348 e. The highest BCUT2D eigenvalue weighted by atomic mass is 35.5. The Hall–Kier alpha value is -1.80. The molecule has 2 aromatic carbocycles. The second-order valence-corrected chi connectivity index (χ2v) is 4.69. The molecule has 19 heavy (non-hydrogen) atoms. The quantitative estimate of drug-likeness (QED) is 0.833. The fourth-order valence-electron chi connectivity index (χ4n) is 1.90. The highest BCUT2D eigenvalue weighted by Crippen LogP contribution is 2.06. The number of carbonyl (C=O) groups is 1. The zero-order valence-electron chi connectivity index (χ0n) is 10.6. The lowest BCUT2D eigenvalue weighted by Crippen LogP contribution is -2.37. The average molecular weight is 274 g/mol. The zero-order valence-corrected chi connectivity index (χ0v) is 11.3. The maximum atomic E-state index is 12.0. The van der Waals surface area contributed by atoms with Gasteiger partial charge in [-0.1, -0.05) is 48.5 Å². The van der Waals surface area contributed by atoms with Crippen molar-refractivity contribution in [2.24, 2.45) is 0 Å². The predicted molar refractivity (Wildman–Crippen MR) is 78.6 cm³/mol. The minimum atomic E-state index is -0.0813. The molecular weight excluding hydrogens is 258 g/mol. The predicted octanol–water partition coefficient (Wildman–Crippen LogP) is 3.27. The summed E-state index contributed by atoms with van der Waals surface area (Å²) in [6.45, 7) is 0. The van der Waals surface area contributed by atoms with E-state index in [9.17, 15) is 4.79 Å². The maximum absolute atomic E-state index is 12.0. The average Bonchev–Trinajstić information content (AvgIpc) is 2.48. The zero-order chi connectivity index (χ0) is 13.5. The van der Waals surface area contributed by atoms with Crippen molar-refractivity contribution >= 4 is 17.5 Å². The Balaban J connectivity index is 1.98. The summed E-state index contributed by atoms with van der Waals surface area (Å²) in [6, 6.07) is 19.1. The molecule has 2 nitrogen and oxygen atoms in total. The first kappa shape index (κ1) is 13.6. The molecule has 1 N–H and O–H groups in total. The third kappa shape index (κ3) is 4.11. The first-order valence-electron chi connectivity index (χ1n) is 6.25. The van der Waals surface area contributed by atoms with Gasteiger partial charge in [0.15, 0.2) is 0 Å². The van der Waals surface area contributed by atoms with Crippen LogP contribution in [-0.4, -0.2) is 17.8 Å². The van der Waals surface area contributed by atoms with E-state index in [1.165, 1.54) is 5.56 Å². The number of hydrogen-bond acceptors (Lipinski definition) is 1. The van der Waals surface area contributed by atoms with Gasteiger partial charge in [0, 0.05) is 17.5 Å². The van der Waals surface area contributed by atoms with E-state index in [1.807, 2.05) is 48.5 Å². The van der Waals surface area contributed by atoms with Crippen LogP contribution in [0.5, 0.6) is 0 Å². The summed E-state index contributed by atoms with van der Waals surface area (Å²) < 4.78 is 0. The normalized spacial score (nSPS) is 11.8. The second-order valence-electron chi connectivity index (χ2n) is 4.38. The molecule has 1 unspecified atom stereocenters. The number of nitrogens with one attached hydrogen (secondary N) is 1. The number of rotatable bonds is 5. The van der Waals surface area contributed by atoms with Gasteiger partial charge in [-0.05, 0) is 24.1 Å². The van der Waals surface area contributed by atoms with E-state index in [0.717, 1.165) is 6.42 Å². The SMILES string of the molecule is O=C(NC(CCl)Cc1ccccc1)c1ccccc1. The molecular formula is C16H16ClNO. The first-order chi connectivity index (χ1) is 9.29. The van der Waals surface area contributed by atoms with Crippen molar-refractivity contribution in [2.75, 3.05) is 5.88 Å². The molecule has 0 aliphatic carbocycles. The molecule has 0 fully saturated rings. The molecule has 98 valence electrons. The molecule has 0 radical (unpaired) electrons. The fraction of sp³-hybridized carbons (Fsp3) is 0.188. The smallest absolute Gasteiger partial charge is 0.251 e. The number of benzene rings is 2. The van der Waals surface area contributed by atoms with Crippen LogP contribution < -0.4 is 5.32 Å². The highest BCUT2D eigenvalue weighted by Gasteiger charge is 2.13. The van der Waals surface area contributed by atoms with Crippen molar-refractivity contribution < 1.29 is 4.79 Å². The number of carbonyl (C=O) groups excluding carboxylic acids is 1. The summed E-state index contributed by atoms with van der Waals surface area (Å²) in [5.41, 5.74) is 1.83. The molecule has 0 bridgehead atoms. The molecule has 1 atom stereocenters. The molecule has 0 saturated carbocycles. The van der Waals surface area contributed by atoms with Crippen molar-refractivity contribution in [1.82, 2.24) is 5.32 Å². The molecule has 0 aliphatic rings. The number of alkyl halides is 1. The molecule has 0 heterocycles. The van der Waals surface area contributed by atoms with Crippen molar-refractivity contribution in [3.63, 3.8) is 0 Å². The Morgan fingerprint density at radius 1 is 1.00 bits per heavy atom. The molecule has 0 saturated heterocycles. The topological polar surface area (TPSA) is 29.1 Å². The van der Waals surface area contributed by atoms with E-state index < -0.39 is 0 Å². The van der Waals surface area contributed by atoms with Crippen molar-refractivity contribution in [3.8, 4) is 0 Å². The molecule has 1 amide bonds. The monoisotopic (exact) mass is 273 g/mol. The summed E-state index contributed by atoms with van der Waals surface area (Å²) in [5.74, 6) is 0.315. The highest BCUT2D eigenvalue weighted by molar-refractivity contribution is 6.18. The van der Waals surface area contributed by atoms with Gasteiger partial charge in [-0.15, -0.1) is 11.6 Å². The van der Waals surface area contributed by atoms with Crippen LogP contribution >= 0.6 is 11.6 Å². The van der Waals surface area contributed by atoms with Gasteiger partial charge in [-0.3, -0.25) is 4.79 Å². The Morgan fingerprint density at radius 2 is 1.58 bits per heavy atom. The van der Waals surface area contributed by atoms with Crippen molar-refractivity contribution in [1.29, 1.82) is 0 Å². The van der Waals surface area contributed by atoms with E-state index >= 15 is 0 Å². The lowest BCUT2D eigenvalue weighted by atomic mass is 10.1. The molecule has 0 aliphatic heterocycles. The van der Waals surface area contributed by atoms with E-state index in [4.69, 9.17) is 11.6 Å². The number of amides is 1. The maximum Gasteiger partial charge on any atom is 0.251 e. The molecule has 0 spiro atoms. The molecule has 0 aromatic heterocycles. The van der Waals surface area contributed by atoms with Crippen LogP contribution in [-0.2, 0) is 6.42 Å². The largest absolute Gasteiger partial charge is 0.348 e. The Labute approximate surface area is 118 Å². The standard InChI is InChI=1S/C16H16ClNO/c17-12-15(11-13-7-3-1-4-8-13)18-16(19)14-9-5-2-6-10-14/h1-10,15H,11-12H2,(H,18,19). The third-order valence-corrected chi connectivity index (χ3v) is 3.25. The van der Waals surface area contributed by atoms with Crippen LogP contribution in [0.25, 0.3) is 0 Å². The van der Waals surface area contributed by atoms with E-state index in [-0.39, 0.29) is 11.9 Å². The molecule has 3 heteroatoms. The van der Waals surface area contributed by atoms with Crippen LogP contribution in [0.1, 0.15) is 15.9 Å². The summed E-state index contributed by atoms with van der Waals surface area (Å²) in [7, 11) is 0. The van der Waals surface area contributed by atoms with Crippen LogP contribution in [0.2, 0.25) is 0 Å². The lowest BCUT2D eigenvalue weighted by Gasteiger charge is -2.16. The molecule has 2 rings (SSSR count). The first-order valence-corrected chi connectivity index (χ1v) is 6.79. The van der Waals surface area contributed by atoms with Crippen LogP contribution in [0.4, 0.5) is 0 Å². The minimum absolute atomic E-state index is 0.0585. The molecule has 2 aromatic rings. The van der Waals surface area contributed by atoms with Crippen LogP contribution in [0, 0.1) is 0 Å². The van der Waals surface area contributed by atoms with Gasteiger partial charge < -0.3 is 5.32 Å². The van der Waals surface area contributed by atoms with Gasteiger partial charge in [0.1, 0.15) is 0 Å². The summed E-state index contributed by atoms with van der Waals surface area (Å²) in [4.78, 5) is 12.0. The van der Waals surface area contributed by atoms with Gasteiger partial charge >= 0.3 is 0 Å². The van der Waals surface area contributed by atoms with Crippen LogP contribution in [0.3, 0.4) is 0 Å². The number of halogens is 1. The van der Waals surface area contributed by atoms with Gasteiger partial charge in [0.05, 0.1) is 0 Å². The van der Waals surface area contributed by atoms with Gasteiger partial charge in [-0.25, -0.2) is 0 Å². The Bertz CT molecular complexity index is 513. The van der Waals surface area contributed by atoms with Gasteiger partial charge in [0.2, 0.25) is 0 Å².